The van der Waals surface area contributed by atoms with Gasteiger partial charge >= 0.3 is 0 Å². The molecule has 0 radical (unpaired) electrons. The van der Waals surface area contributed by atoms with Gasteiger partial charge in [0.25, 0.3) is 0 Å². The number of benzene rings is 1. The van der Waals surface area contributed by atoms with Crippen LogP contribution in [0.2, 0.25) is 0 Å². The van der Waals surface area contributed by atoms with Gasteiger partial charge in [0, 0.05) is 5.92 Å². The second-order valence-corrected chi connectivity index (χ2v) is 6.75. The van der Waals surface area contributed by atoms with Crippen LogP contribution in [0.4, 0.5) is 5.69 Å². The fourth-order valence-corrected chi connectivity index (χ4v) is 2.37. The first-order chi connectivity index (χ1) is 9.24. The Kier molecular flexibility index (Phi) is 5.56. The fraction of sp³-hybridized carbons (Fsp3) is 0.500. The standard InChI is InChI=1S/C14H22N2O3S/c1-5-10(2)14(17)15-11(3)12-8-6-7-9-13(12)16-20(4,18)19/h6-11,16H,5H2,1-4H3,(H,15,17)/t10-,11+/m1/s1. The Morgan fingerprint density at radius 1 is 1.25 bits per heavy atom. The largest absolute Gasteiger partial charge is 0.349 e. The maximum atomic E-state index is 11.9. The van der Waals surface area contributed by atoms with Crippen molar-refractivity contribution in [3.8, 4) is 0 Å². The third kappa shape index (κ3) is 4.85. The van der Waals surface area contributed by atoms with E-state index in [4.69, 9.17) is 0 Å². The number of carbonyl (C=O) groups is 1. The topological polar surface area (TPSA) is 75.3 Å². The van der Waals surface area contributed by atoms with E-state index in [1.165, 1.54) is 0 Å². The van der Waals surface area contributed by atoms with E-state index >= 15 is 0 Å². The summed E-state index contributed by atoms with van der Waals surface area (Å²) in [6.45, 7) is 5.65. The molecule has 5 nitrogen and oxygen atoms in total. The average Bonchev–Trinajstić information content (AvgIpc) is 2.36. The molecule has 0 fully saturated rings. The molecule has 2 N–H and O–H groups in total. The first-order valence-electron chi connectivity index (χ1n) is 6.61. The number of hydrogen-bond donors (Lipinski definition) is 2. The maximum Gasteiger partial charge on any atom is 0.229 e. The molecule has 1 aromatic carbocycles. The predicted octanol–water partition coefficient (Wildman–Crippen LogP) is 2.28. The van der Waals surface area contributed by atoms with Crippen molar-refractivity contribution in [2.24, 2.45) is 5.92 Å². The highest BCUT2D eigenvalue weighted by Crippen LogP contribution is 2.23. The Hall–Kier alpha value is -1.56. The Bertz CT molecular complexity index is 570. The normalized spacial score (nSPS) is 14.4. The van der Waals surface area contributed by atoms with E-state index in [2.05, 4.69) is 10.0 Å². The molecule has 0 aliphatic carbocycles. The van der Waals surface area contributed by atoms with Crippen molar-refractivity contribution < 1.29 is 13.2 Å². The summed E-state index contributed by atoms with van der Waals surface area (Å²) in [4.78, 5) is 11.9. The van der Waals surface area contributed by atoms with Crippen LogP contribution in [0.5, 0.6) is 0 Å². The lowest BCUT2D eigenvalue weighted by Gasteiger charge is -2.20. The van der Waals surface area contributed by atoms with Gasteiger partial charge in [0.1, 0.15) is 0 Å². The van der Waals surface area contributed by atoms with Crippen LogP contribution < -0.4 is 10.0 Å². The number of sulfonamides is 1. The first kappa shape index (κ1) is 16.5. The molecular formula is C14H22N2O3S. The highest BCUT2D eigenvalue weighted by molar-refractivity contribution is 7.92. The zero-order valence-electron chi connectivity index (χ0n) is 12.3. The number of amides is 1. The Morgan fingerprint density at radius 2 is 1.85 bits per heavy atom. The number of carbonyl (C=O) groups excluding carboxylic acids is 1. The summed E-state index contributed by atoms with van der Waals surface area (Å²) < 4.78 is 25.2. The number of hydrogen-bond acceptors (Lipinski definition) is 3. The highest BCUT2D eigenvalue weighted by atomic mass is 32.2. The van der Waals surface area contributed by atoms with Crippen LogP contribution in [0.3, 0.4) is 0 Å². The van der Waals surface area contributed by atoms with Gasteiger partial charge in [0.2, 0.25) is 15.9 Å². The van der Waals surface area contributed by atoms with Crippen LogP contribution in [-0.2, 0) is 14.8 Å². The lowest BCUT2D eigenvalue weighted by atomic mass is 10.0. The van der Waals surface area contributed by atoms with Gasteiger partial charge in [-0.1, -0.05) is 32.0 Å². The van der Waals surface area contributed by atoms with Gasteiger partial charge in [-0.25, -0.2) is 8.42 Å². The number of para-hydroxylation sites is 1. The number of nitrogens with one attached hydrogen (secondary N) is 2. The van der Waals surface area contributed by atoms with Gasteiger partial charge in [0.05, 0.1) is 18.0 Å². The van der Waals surface area contributed by atoms with Crippen molar-refractivity contribution in [1.82, 2.24) is 5.32 Å². The molecule has 0 spiro atoms. The van der Waals surface area contributed by atoms with Crippen LogP contribution >= 0.6 is 0 Å². The minimum Gasteiger partial charge on any atom is -0.349 e. The lowest BCUT2D eigenvalue weighted by Crippen LogP contribution is -2.31. The smallest absolute Gasteiger partial charge is 0.229 e. The van der Waals surface area contributed by atoms with Gasteiger partial charge in [-0.05, 0) is 25.0 Å². The van der Waals surface area contributed by atoms with Crippen molar-refractivity contribution in [2.75, 3.05) is 11.0 Å². The molecule has 0 saturated carbocycles. The molecule has 0 unspecified atom stereocenters. The molecule has 0 aliphatic heterocycles. The van der Waals surface area contributed by atoms with Gasteiger partial charge < -0.3 is 5.32 Å². The molecule has 0 heterocycles. The van der Waals surface area contributed by atoms with Gasteiger partial charge in [-0.3, -0.25) is 9.52 Å². The molecule has 20 heavy (non-hydrogen) atoms. The average molecular weight is 298 g/mol. The molecule has 1 rings (SSSR count). The van der Waals surface area contributed by atoms with Crippen LogP contribution in [0.1, 0.15) is 38.8 Å². The minimum atomic E-state index is -3.35. The van der Waals surface area contributed by atoms with Crippen molar-refractivity contribution in [2.45, 2.75) is 33.2 Å². The van der Waals surface area contributed by atoms with E-state index in [9.17, 15) is 13.2 Å². The lowest BCUT2D eigenvalue weighted by molar-refractivity contribution is -0.125. The fourth-order valence-electron chi connectivity index (χ4n) is 1.79. The third-order valence-corrected chi connectivity index (χ3v) is 3.73. The molecule has 0 aliphatic rings. The molecular weight excluding hydrogens is 276 g/mol. The highest BCUT2D eigenvalue weighted by Gasteiger charge is 2.17. The summed E-state index contributed by atoms with van der Waals surface area (Å²) in [6, 6.07) is 6.79. The number of rotatable bonds is 6. The van der Waals surface area contributed by atoms with Gasteiger partial charge in [-0.2, -0.15) is 0 Å². The number of anilines is 1. The predicted molar refractivity (Wildman–Crippen MR) is 80.9 cm³/mol. The summed E-state index contributed by atoms with van der Waals surface area (Å²) in [5.41, 5.74) is 1.24. The Balaban J connectivity index is 2.93. The van der Waals surface area contributed by atoms with E-state index < -0.39 is 10.0 Å². The van der Waals surface area contributed by atoms with Crippen molar-refractivity contribution >= 4 is 21.6 Å². The molecule has 0 saturated heterocycles. The van der Waals surface area contributed by atoms with Crippen LogP contribution in [0.25, 0.3) is 0 Å². The third-order valence-electron chi connectivity index (χ3n) is 3.14. The summed E-state index contributed by atoms with van der Waals surface area (Å²) in [5.74, 6) is -0.0957. The first-order valence-corrected chi connectivity index (χ1v) is 8.50. The molecule has 1 aromatic rings. The quantitative estimate of drug-likeness (QED) is 0.846. The zero-order valence-corrected chi connectivity index (χ0v) is 13.1. The van der Waals surface area contributed by atoms with Crippen molar-refractivity contribution in [3.05, 3.63) is 29.8 Å². The van der Waals surface area contributed by atoms with E-state index in [0.717, 1.165) is 18.2 Å². The molecule has 2 atom stereocenters. The SMILES string of the molecule is CC[C@@H](C)C(=O)N[C@@H](C)c1ccccc1NS(C)(=O)=O. The summed E-state index contributed by atoms with van der Waals surface area (Å²) in [6.07, 6.45) is 1.87. The van der Waals surface area contributed by atoms with Gasteiger partial charge in [0.15, 0.2) is 0 Å². The Morgan fingerprint density at radius 3 is 2.40 bits per heavy atom. The van der Waals surface area contributed by atoms with Crippen LogP contribution in [0, 0.1) is 5.92 Å². The molecule has 112 valence electrons. The maximum absolute atomic E-state index is 11.9. The summed E-state index contributed by atoms with van der Waals surface area (Å²) in [7, 11) is -3.35. The molecule has 1 amide bonds. The van der Waals surface area contributed by atoms with Crippen LogP contribution in [0.15, 0.2) is 24.3 Å². The Labute approximate surface area is 120 Å². The van der Waals surface area contributed by atoms with E-state index in [-0.39, 0.29) is 17.9 Å². The molecule has 6 heteroatoms. The second-order valence-electron chi connectivity index (χ2n) is 5.00. The van der Waals surface area contributed by atoms with Crippen LogP contribution in [-0.4, -0.2) is 20.6 Å². The van der Waals surface area contributed by atoms with Crippen molar-refractivity contribution in [3.63, 3.8) is 0 Å². The minimum absolute atomic E-state index is 0.0332. The molecule has 0 aromatic heterocycles. The molecule has 0 bridgehead atoms. The second kappa shape index (κ2) is 6.74. The van der Waals surface area contributed by atoms with E-state index in [0.29, 0.717) is 5.69 Å². The van der Waals surface area contributed by atoms with E-state index in [1.807, 2.05) is 26.8 Å². The zero-order chi connectivity index (χ0) is 15.3. The van der Waals surface area contributed by atoms with E-state index in [1.54, 1.807) is 18.2 Å². The summed E-state index contributed by atoms with van der Waals surface area (Å²) in [5, 5.41) is 2.90. The summed E-state index contributed by atoms with van der Waals surface area (Å²) >= 11 is 0. The van der Waals surface area contributed by atoms with Gasteiger partial charge in [-0.15, -0.1) is 0 Å². The van der Waals surface area contributed by atoms with Crippen molar-refractivity contribution in [1.29, 1.82) is 0 Å². The monoisotopic (exact) mass is 298 g/mol.